The Balaban J connectivity index is 1.99. The number of para-hydroxylation sites is 1. The van der Waals surface area contributed by atoms with Crippen LogP contribution in [0.4, 0.5) is 5.69 Å². The number of carbonyl (C=O) groups excluding carboxylic acids is 1. The molecule has 132 valence electrons. The zero-order valence-corrected chi connectivity index (χ0v) is 14.4. The van der Waals surface area contributed by atoms with Gasteiger partial charge in [0.2, 0.25) is 0 Å². The van der Waals surface area contributed by atoms with Crippen LogP contribution in [0.25, 0.3) is 0 Å². The van der Waals surface area contributed by atoms with E-state index in [-0.39, 0.29) is 16.1 Å². The highest BCUT2D eigenvalue weighted by atomic mass is 32.2. The van der Waals surface area contributed by atoms with Crippen LogP contribution in [0.3, 0.4) is 0 Å². The fourth-order valence-corrected chi connectivity index (χ4v) is 5.01. The van der Waals surface area contributed by atoms with Gasteiger partial charge in [0.15, 0.2) is 9.84 Å². The van der Waals surface area contributed by atoms with Crippen molar-refractivity contribution in [2.45, 2.75) is 10.6 Å². The molecule has 2 aromatic rings. The van der Waals surface area contributed by atoms with Gasteiger partial charge in [0.25, 0.3) is 5.91 Å². The summed E-state index contributed by atoms with van der Waals surface area (Å²) >= 11 is 0. The molecule has 0 aromatic heterocycles. The van der Waals surface area contributed by atoms with E-state index in [1.165, 1.54) is 30.3 Å². The van der Waals surface area contributed by atoms with Gasteiger partial charge in [0.1, 0.15) is 12.3 Å². The number of nitrogens with zero attached hydrogens (tertiary/aromatic N) is 1. The van der Waals surface area contributed by atoms with E-state index in [1.807, 2.05) is 0 Å². The number of phenols is 1. The normalized spacial score (nSPS) is 16.6. The number of carbonyl (C=O) groups is 1. The molecule has 0 radical (unpaired) electrons. The summed E-state index contributed by atoms with van der Waals surface area (Å²) in [5.41, 5.74) is -0.116. The van der Waals surface area contributed by atoms with Crippen molar-refractivity contribution in [2.75, 3.05) is 10.8 Å². The highest BCUT2D eigenvalue weighted by molar-refractivity contribution is 7.92. The molecule has 0 bridgehead atoms. The molecule has 8 nitrogen and oxygen atoms in total. The van der Waals surface area contributed by atoms with Crippen molar-refractivity contribution >= 4 is 31.6 Å². The molecule has 1 heterocycles. The number of aromatic hydroxyl groups is 1. The molecule has 2 N–H and O–H groups in total. The second kappa shape index (κ2) is 6.05. The van der Waals surface area contributed by atoms with Gasteiger partial charge in [-0.25, -0.2) is 17.4 Å². The second-order valence-electron chi connectivity index (χ2n) is 5.39. The molecule has 0 saturated carbocycles. The van der Waals surface area contributed by atoms with Crippen LogP contribution in [0.2, 0.25) is 0 Å². The summed E-state index contributed by atoms with van der Waals surface area (Å²) in [5, 5.41) is 10.4. The number of benzene rings is 2. The third-order valence-electron chi connectivity index (χ3n) is 3.63. The number of sulfone groups is 1. The molecule has 10 heteroatoms. The van der Waals surface area contributed by atoms with Crippen molar-refractivity contribution in [2.24, 2.45) is 0 Å². The number of nitrogens with one attached hydrogen (secondary N) is 1. The minimum atomic E-state index is -4.10. The van der Waals surface area contributed by atoms with Gasteiger partial charge in [-0.1, -0.05) is 30.3 Å². The van der Waals surface area contributed by atoms with E-state index in [1.54, 1.807) is 22.9 Å². The predicted octanol–water partition coefficient (Wildman–Crippen LogP) is 0.547. The van der Waals surface area contributed by atoms with E-state index in [4.69, 9.17) is 0 Å². The first-order valence-corrected chi connectivity index (χ1v) is 10.2. The molecular formula is C15H14N2O6S2. The van der Waals surface area contributed by atoms with Crippen molar-refractivity contribution in [3.05, 3.63) is 54.1 Å². The summed E-state index contributed by atoms with van der Waals surface area (Å²) in [7, 11) is -7.83. The number of amides is 1. The van der Waals surface area contributed by atoms with Gasteiger partial charge in [-0.15, -0.1) is 0 Å². The number of rotatable bonds is 4. The largest absolute Gasteiger partial charge is 0.505 e. The van der Waals surface area contributed by atoms with Crippen molar-refractivity contribution in [1.82, 2.24) is 4.72 Å². The molecule has 25 heavy (non-hydrogen) atoms. The molecule has 1 fully saturated rings. The molecule has 2 aromatic carbocycles. The lowest BCUT2D eigenvalue weighted by Crippen LogP contribution is -2.29. The maximum atomic E-state index is 12.5. The van der Waals surface area contributed by atoms with Crippen LogP contribution >= 0.6 is 0 Å². The number of anilines is 1. The molecule has 1 amide bonds. The van der Waals surface area contributed by atoms with Gasteiger partial charge in [0, 0.05) is 5.56 Å². The fourth-order valence-electron chi connectivity index (χ4n) is 2.47. The van der Waals surface area contributed by atoms with Crippen LogP contribution in [-0.2, 0) is 30.6 Å². The number of hydrogen-bond donors (Lipinski definition) is 2. The van der Waals surface area contributed by atoms with Gasteiger partial charge in [-0.05, 0) is 18.2 Å². The lowest BCUT2D eigenvalue weighted by Gasteiger charge is -2.18. The molecule has 1 saturated heterocycles. The third-order valence-corrected chi connectivity index (χ3v) is 6.71. The summed E-state index contributed by atoms with van der Waals surface area (Å²) in [6, 6.07) is 11.8. The lowest BCUT2D eigenvalue weighted by atomic mass is 10.2. The first-order chi connectivity index (χ1) is 11.7. The Morgan fingerprint density at radius 2 is 1.76 bits per heavy atom. The average molecular weight is 382 g/mol. The zero-order valence-electron chi connectivity index (χ0n) is 12.8. The molecule has 1 aliphatic rings. The predicted molar refractivity (Wildman–Crippen MR) is 89.8 cm³/mol. The summed E-state index contributed by atoms with van der Waals surface area (Å²) in [6.45, 7) is -0.481. The van der Waals surface area contributed by atoms with Crippen molar-refractivity contribution in [3.63, 3.8) is 0 Å². The summed E-state index contributed by atoms with van der Waals surface area (Å²) in [5.74, 6) is -1.74. The zero-order chi connectivity index (χ0) is 18.2. The molecule has 0 atom stereocenters. The topological polar surface area (TPSA) is 121 Å². The molecule has 0 spiro atoms. The van der Waals surface area contributed by atoms with E-state index in [0.717, 1.165) is 0 Å². The highest BCUT2D eigenvalue weighted by Crippen LogP contribution is 2.35. The van der Waals surface area contributed by atoms with Gasteiger partial charge in [0.05, 0.1) is 16.3 Å². The van der Waals surface area contributed by atoms with Crippen LogP contribution < -0.4 is 9.03 Å². The second-order valence-corrected chi connectivity index (χ2v) is 8.98. The quantitative estimate of drug-likeness (QED) is 0.796. The fraction of sp³-hybridized carbons (Fsp3) is 0.133. The monoisotopic (exact) mass is 382 g/mol. The lowest BCUT2D eigenvalue weighted by molar-refractivity contribution is -0.117. The standard InChI is InChI=1S/C15H14N2O6S2/c18-14-9-17(25(22,23)16-14)13-8-4-5-11(15(13)19)10-24(20,21)12-6-2-1-3-7-12/h1-8,19H,9-10H2,(H,16,18). The average Bonchev–Trinajstić information content (AvgIpc) is 2.82. The van der Waals surface area contributed by atoms with Crippen LogP contribution in [-0.4, -0.2) is 34.4 Å². The van der Waals surface area contributed by atoms with Gasteiger partial charge in [-0.3, -0.25) is 4.79 Å². The van der Waals surface area contributed by atoms with Crippen molar-refractivity contribution < 1.29 is 26.7 Å². The molecule has 3 rings (SSSR count). The summed E-state index contributed by atoms with van der Waals surface area (Å²) in [4.78, 5) is 11.4. The maximum Gasteiger partial charge on any atom is 0.326 e. The SMILES string of the molecule is O=C1CN(c2cccc(CS(=O)(=O)c3ccccc3)c2O)S(=O)(=O)N1. The maximum absolute atomic E-state index is 12.5. The Kier molecular flexibility index (Phi) is 4.17. The Bertz CT molecular complexity index is 1030. The van der Waals surface area contributed by atoms with Gasteiger partial charge in [-0.2, -0.15) is 8.42 Å². The van der Waals surface area contributed by atoms with E-state index < -0.39 is 44.0 Å². The van der Waals surface area contributed by atoms with E-state index in [9.17, 15) is 26.7 Å². The van der Waals surface area contributed by atoms with Crippen molar-refractivity contribution in [1.29, 1.82) is 0 Å². The molecule has 0 unspecified atom stereocenters. The minimum Gasteiger partial charge on any atom is -0.505 e. The van der Waals surface area contributed by atoms with E-state index >= 15 is 0 Å². The molecule has 0 aliphatic carbocycles. The van der Waals surface area contributed by atoms with Gasteiger partial charge >= 0.3 is 10.2 Å². The first-order valence-electron chi connectivity index (χ1n) is 7.13. The van der Waals surface area contributed by atoms with E-state index in [0.29, 0.717) is 4.31 Å². The van der Waals surface area contributed by atoms with E-state index in [2.05, 4.69) is 0 Å². The number of hydrogen-bond acceptors (Lipinski definition) is 6. The Labute approximate surface area is 144 Å². The first kappa shape index (κ1) is 17.2. The summed E-state index contributed by atoms with van der Waals surface area (Å²) in [6.07, 6.45) is 0. The van der Waals surface area contributed by atoms with Gasteiger partial charge < -0.3 is 5.11 Å². The molecule has 1 aliphatic heterocycles. The van der Waals surface area contributed by atoms with Crippen LogP contribution in [0, 0.1) is 0 Å². The minimum absolute atomic E-state index is 0.0379. The Morgan fingerprint density at radius 3 is 2.36 bits per heavy atom. The highest BCUT2D eigenvalue weighted by Gasteiger charge is 2.36. The summed E-state index contributed by atoms with van der Waals surface area (Å²) < 4.78 is 51.2. The third kappa shape index (κ3) is 3.30. The number of phenolic OH excluding ortho intramolecular Hbond substituents is 1. The Morgan fingerprint density at radius 1 is 1.08 bits per heavy atom. The smallest absolute Gasteiger partial charge is 0.326 e. The molecular weight excluding hydrogens is 368 g/mol. The Hall–Kier alpha value is -2.59. The van der Waals surface area contributed by atoms with Crippen LogP contribution in [0.15, 0.2) is 53.4 Å². The van der Waals surface area contributed by atoms with Crippen molar-refractivity contribution in [3.8, 4) is 5.75 Å². The van der Waals surface area contributed by atoms with Crippen LogP contribution in [0.1, 0.15) is 5.56 Å². The van der Waals surface area contributed by atoms with Crippen LogP contribution in [0.5, 0.6) is 5.75 Å².